The van der Waals surface area contributed by atoms with Crippen molar-refractivity contribution in [1.82, 2.24) is 4.90 Å². The normalized spacial score (nSPS) is 16.6. The van der Waals surface area contributed by atoms with Crippen LogP contribution in [-0.4, -0.2) is 48.1 Å². The van der Waals surface area contributed by atoms with Crippen molar-refractivity contribution >= 4 is 41.7 Å². The SMILES string of the molecule is CSCC[C@H](N)C(=O)N1CCC(Oc2ccccc2Cl)CC1.Cl. The standard InChI is InChI=1S/C16H23ClN2O2S.ClH/c1-22-11-8-14(18)16(20)19-9-6-12(7-10-19)21-15-5-3-2-4-13(15)17;/h2-5,12,14H,6-11,18H2,1H3;1H/t14-;/m0./s1. The maximum absolute atomic E-state index is 12.3. The summed E-state index contributed by atoms with van der Waals surface area (Å²) in [5, 5.41) is 0.625. The van der Waals surface area contributed by atoms with E-state index in [1.165, 1.54) is 0 Å². The zero-order chi connectivity index (χ0) is 15.9. The summed E-state index contributed by atoms with van der Waals surface area (Å²) >= 11 is 7.82. The van der Waals surface area contributed by atoms with Crippen LogP contribution < -0.4 is 10.5 Å². The van der Waals surface area contributed by atoms with Gasteiger partial charge in [-0.05, 0) is 30.6 Å². The number of para-hydroxylation sites is 1. The Kier molecular flexibility index (Phi) is 9.14. The summed E-state index contributed by atoms with van der Waals surface area (Å²) in [7, 11) is 0. The van der Waals surface area contributed by atoms with Crippen LogP contribution in [0, 0.1) is 0 Å². The Morgan fingerprint density at radius 1 is 1.43 bits per heavy atom. The third kappa shape index (κ3) is 6.07. The highest BCUT2D eigenvalue weighted by Gasteiger charge is 2.27. The third-order valence-electron chi connectivity index (χ3n) is 3.83. The van der Waals surface area contributed by atoms with E-state index in [0.29, 0.717) is 23.9 Å². The second-order valence-corrected chi connectivity index (χ2v) is 6.85. The largest absolute Gasteiger partial charge is 0.489 e. The molecular formula is C16H24Cl2N2O2S. The van der Waals surface area contributed by atoms with E-state index >= 15 is 0 Å². The van der Waals surface area contributed by atoms with Gasteiger partial charge in [0.15, 0.2) is 0 Å². The predicted molar refractivity (Wildman–Crippen MR) is 99.9 cm³/mol. The maximum atomic E-state index is 12.3. The van der Waals surface area contributed by atoms with Gasteiger partial charge >= 0.3 is 0 Å². The first kappa shape index (κ1) is 20.4. The minimum Gasteiger partial charge on any atom is -0.489 e. The first-order valence-corrected chi connectivity index (χ1v) is 9.33. The van der Waals surface area contributed by atoms with E-state index in [1.54, 1.807) is 11.8 Å². The number of carbonyl (C=O) groups is 1. The number of rotatable bonds is 6. The highest BCUT2D eigenvalue weighted by molar-refractivity contribution is 7.98. The van der Waals surface area contributed by atoms with Gasteiger partial charge in [-0.2, -0.15) is 11.8 Å². The minimum absolute atomic E-state index is 0. The Morgan fingerprint density at radius 3 is 2.70 bits per heavy atom. The monoisotopic (exact) mass is 378 g/mol. The summed E-state index contributed by atoms with van der Waals surface area (Å²) in [6, 6.07) is 7.10. The topological polar surface area (TPSA) is 55.6 Å². The van der Waals surface area contributed by atoms with Crippen molar-refractivity contribution in [2.24, 2.45) is 5.73 Å². The molecule has 1 aliphatic rings. The molecule has 1 heterocycles. The average molecular weight is 379 g/mol. The quantitative estimate of drug-likeness (QED) is 0.825. The molecule has 130 valence electrons. The Hall–Kier alpha value is -0.620. The summed E-state index contributed by atoms with van der Waals surface area (Å²) in [4.78, 5) is 14.1. The van der Waals surface area contributed by atoms with Gasteiger partial charge in [0.1, 0.15) is 11.9 Å². The van der Waals surface area contributed by atoms with E-state index in [1.807, 2.05) is 35.4 Å². The Balaban J connectivity index is 0.00000264. The molecule has 7 heteroatoms. The number of nitrogens with zero attached hydrogens (tertiary/aromatic N) is 1. The fourth-order valence-corrected chi connectivity index (χ4v) is 3.19. The molecule has 0 aliphatic carbocycles. The lowest BCUT2D eigenvalue weighted by Gasteiger charge is -2.33. The molecule has 1 aliphatic heterocycles. The number of halogens is 2. The molecule has 23 heavy (non-hydrogen) atoms. The average Bonchev–Trinajstić information content (AvgIpc) is 2.55. The Bertz CT molecular complexity index is 497. The minimum atomic E-state index is -0.381. The molecule has 1 amide bonds. The predicted octanol–water partition coefficient (Wildman–Crippen LogP) is 3.21. The van der Waals surface area contributed by atoms with Crippen LogP contribution in [0.3, 0.4) is 0 Å². The number of thioether (sulfide) groups is 1. The second kappa shape index (κ2) is 10.3. The van der Waals surface area contributed by atoms with Crippen LogP contribution in [0.5, 0.6) is 5.75 Å². The number of amides is 1. The molecular weight excluding hydrogens is 355 g/mol. The van der Waals surface area contributed by atoms with E-state index in [4.69, 9.17) is 22.1 Å². The second-order valence-electron chi connectivity index (χ2n) is 5.46. The van der Waals surface area contributed by atoms with Gasteiger partial charge in [0, 0.05) is 25.9 Å². The van der Waals surface area contributed by atoms with Crippen molar-refractivity contribution < 1.29 is 9.53 Å². The van der Waals surface area contributed by atoms with Gasteiger partial charge in [0.2, 0.25) is 5.91 Å². The fraction of sp³-hybridized carbons (Fsp3) is 0.562. The zero-order valence-corrected chi connectivity index (χ0v) is 15.6. The number of nitrogens with two attached hydrogens (primary N) is 1. The molecule has 0 bridgehead atoms. The summed E-state index contributed by atoms with van der Waals surface area (Å²) < 4.78 is 5.94. The highest BCUT2D eigenvalue weighted by atomic mass is 35.5. The van der Waals surface area contributed by atoms with Crippen molar-refractivity contribution in [2.75, 3.05) is 25.1 Å². The number of piperidine rings is 1. The van der Waals surface area contributed by atoms with Gasteiger partial charge in [-0.25, -0.2) is 0 Å². The summed E-state index contributed by atoms with van der Waals surface area (Å²) in [5.41, 5.74) is 5.96. The Labute approximate surface area is 153 Å². The van der Waals surface area contributed by atoms with Crippen molar-refractivity contribution in [3.8, 4) is 5.75 Å². The lowest BCUT2D eigenvalue weighted by atomic mass is 10.1. The number of carbonyl (C=O) groups excluding carboxylic acids is 1. The van der Waals surface area contributed by atoms with E-state index in [-0.39, 0.29) is 30.5 Å². The van der Waals surface area contributed by atoms with Crippen LogP contribution in [-0.2, 0) is 4.79 Å². The van der Waals surface area contributed by atoms with E-state index in [9.17, 15) is 4.79 Å². The number of hydrogen-bond donors (Lipinski definition) is 1. The number of benzene rings is 1. The number of hydrogen-bond acceptors (Lipinski definition) is 4. The fourth-order valence-electron chi connectivity index (χ4n) is 2.52. The smallest absolute Gasteiger partial charge is 0.239 e. The molecule has 1 fully saturated rings. The lowest BCUT2D eigenvalue weighted by Crippen LogP contribution is -2.48. The molecule has 0 aromatic heterocycles. The van der Waals surface area contributed by atoms with Crippen molar-refractivity contribution in [2.45, 2.75) is 31.4 Å². The summed E-state index contributed by atoms with van der Waals surface area (Å²) in [5.74, 6) is 1.69. The van der Waals surface area contributed by atoms with Crippen LogP contribution in [0.4, 0.5) is 0 Å². The molecule has 0 radical (unpaired) electrons. The van der Waals surface area contributed by atoms with Gasteiger partial charge in [-0.15, -0.1) is 12.4 Å². The van der Waals surface area contributed by atoms with Crippen LogP contribution in [0.25, 0.3) is 0 Å². The van der Waals surface area contributed by atoms with Crippen LogP contribution in [0.1, 0.15) is 19.3 Å². The highest BCUT2D eigenvalue weighted by Crippen LogP contribution is 2.26. The molecule has 0 saturated carbocycles. The first-order chi connectivity index (χ1) is 10.6. The van der Waals surface area contributed by atoms with E-state index in [2.05, 4.69) is 0 Å². The van der Waals surface area contributed by atoms with Gasteiger partial charge in [0.05, 0.1) is 11.1 Å². The molecule has 4 nitrogen and oxygen atoms in total. The Morgan fingerprint density at radius 2 is 2.09 bits per heavy atom. The van der Waals surface area contributed by atoms with Gasteiger partial charge in [-0.3, -0.25) is 4.79 Å². The molecule has 2 rings (SSSR count). The molecule has 1 aromatic carbocycles. The van der Waals surface area contributed by atoms with Crippen molar-refractivity contribution in [1.29, 1.82) is 0 Å². The molecule has 2 N–H and O–H groups in total. The van der Waals surface area contributed by atoms with E-state index < -0.39 is 0 Å². The first-order valence-electron chi connectivity index (χ1n) is 7.56. The van der Waals surface area contributed by atoms with Crippen molar-refractivity contribution in [3.63, 3.8) is 0 Å². The number of ether oxygens (including phenoxy) is 1. The van der Waals surface area contributed by atoms with E-state index in [0.717, 1.165) is 25.0 Å². The number of likely N-dealkylation sites (tertiary alicyclic amines) is 1. The molecule has 0 spiro atoms. The molecule has 1 saturated heterocycles. The molecule has 1 atom stereocenters. The maximum Gasteiger partial charge on any atom is 0.239 e. The van der Waals surface area contributed by atoms with Gasteiger partial charge < -0.3 is 15.4 Å². The van der Waals surface area contributed by atoms with Crippen molar-refractivity contribution in [3.05, 3.63) is 29.3 Å². The van der Waals surface area contributed by atoms with Gasteiger partial charge in [-0.1, -0.05) is 23.7 Å². The molecule has 0 unspecified atom stereocenters. The van der Waals surface area contributed by atoms with Crippen LogP contribution in [0.2, 0.25) is 5.02 Å². The zero-order valence-electron chi connectivity index (χ0n) is 13.2. The van der Waals surface area contributed by atoms with Gasteiger partial charge in [0.25, 0.3) is 0 Å². The van der Waals surface area contributed by atoms with Crippen LogP contribution >= 0.6 is 35.8 Å². The summed E-state index contributed by atoms with van der Waals surface area (Å²) in [6.07, 6.45) is 4.48. The van der Waals surface area contributed by atoms with Crippen LogP contribution in [0.15, 0.2) is 24.3 Å². The lowest BCUT2D eigenvalue weighted by molar-refractivity contribution is -0.134. The summed E-state index contributed by atoms with van der Waals surface area (Å²) in [6.45, 7) is 1.39. The molecule has 1 aromatic rings. The third-order valence-corrected chi connectivity index (χ3v) is 4.79.